The second-order valence-electron chi connectivity index (χ2n) is 9.82. The Balaban J connectivity index is 1.42. The number of nitrogens with one attached hydrogen (secondary N) is 3. The number of ketones is 1. The van der Waals surface area contributed by atoms with Gasteiger partial charge in [0.1, 0.15) is 18.3 Å². The van der Waals surface area contributed by atoms with E-state index >= 15 is 0 Å². The van der Waals surface area contributed by atoms with Gasteiger partial charge in [-0.25, -0.2) is 0 Å². The highest BCUT2D eigenvalue weighted by molar-refractivity contribution is 5.96. The Labute approximate surface area is 210 Å². The summed E-state index contributed by atoms with van der Waals surface area (Å²) in [7, 11) is 3.27. The molecule has 0 bridgehead atoms. The lowest BCUT2D eigenvalue weighted by atomic mass is 9.79. The van der Waals surface area contributed by atoms with Crippen LogP contribution in [0.25, 0.3) is 0 Å². The van der Waals surface area contributed by atoms with Gasteiger partial charge < -0.3 is 45.5 Å². The Morgan fingerprint density at radius 3 is 2.36 bits per heavy atom. The number of benzene rings is 1. The molecule has 1 aromatic rings. The zero-order valence-corrected chi connectivity index (χ0v) is 20.8. The summed E-state index contributed by atoms with van der Waals surface area (Å²) in [6.45, 7) is 1.79. The second-order valence-corrected chi connectivity index (χ2v) is 9.82. The zero-order chi connectivity index (χ0) is 26.0. The van der Waals surface area contributed by atoms with Crippen molar-refractivity contribution in [3.05, 3.63) is 35.9 Å². The van der Waals surface area contributed by atoms with Crippen LogP contribution in [0.2, 0.25) is 0 Å². The van der Waals surface area contributed by atoms with Crippen molar-refractivity contribution in [3.8, 4) is 0 Å². The number of aliphatic hydroxyl groups excluding tert-OH is 2. The van der Waals surface area contributed by atoms with Crippen LogP contribution in [0, 0.1) is 0 Å². The summed E-state index contributed by atoms with van der Waals surface area (Å²) in [5, 5.41) is 41.9. The van der Waals surface area contributed by atoms with Gasteiger partial charge in [-0.1, -0.05) is 30.3 Å². The minimum Gasteiger partial charge on any atom is -0.390 e. The Bertz CT molecular complexity index is 920. The highest BCUT2D eigenvalue weighted by Gasteiger charge is 2.63. The molecule has 1 aromatic carbocycles. The van der Waals surface area contributed by atoms with Crippen molar-refractivity contribution in [1.29, 1.82) is 0 Å². The van der Waals surface area contributed by atoms with E-state index in [1.807, 2.05) is 6.07 Å². The van der Waals surface area contributed by atoms with Crippen LogP contribution < -0.4 is 16.0 Å². The molecular weight excluding hydrogens is 470 g/mol. The van der Waals surface area contributed by atoms with E-state index < -0.39 is 54.6 Å². The summed E-state index contributed by atoms with van der Waals surface area (Å²) >= 11 is 0. The molecule has 11 heteroatoms. The first-order valence-electron chi connectivity index (χ1n) is 12.5. The number of aliphatic hydroxyl groups is 3. The molecule has 0 aromatic heterocycles. The average Bonchev–Trinajstić information content (AvgIpc) is 2.85. The van der Waals surface area contributed by atoms with Crippen molar-refractivity contribution in [2.24, 2.45) is 0 Å². The summed E-state index contributed by atoms with van der Waals surface area (Å²) in [6, 6.07) is 6.69. The summed E-state index contributed by atoms with van der Waals surface area (Å²) < 4.78 is 18.0. The molecule has 6 N–H and O–H groups in total. The number of rotatable bonds is 8. The van der Waals surface area contributed by atoms with Crippen LogP contribution in [-0.4, -0.2) is 102 Å². The van der Waals surface area contributed by atoms with Crippen molar-refractivity contribution in [2.75, 3.05) is 14.1 Å². The van der Waals surface area contributed by atoms with E-state index in [1.165, 1.54) is 0 Å². The van der Waals surface area contributed by atoms with Gasteiger partial charge in [-0.3, -0.25) is 9.59 Å². The summed E-state index contributed by atoms with van der Waals surface area (Å²) in [5.74, 6) is -2.41. The Morgan fingerprint density at radius 2 is 1.69 bits per heavy atom. The molecule has 1 aliphatic carbocycles. The fraction of sp³-hybridized carbons (Fsp3) is 0.680. The summed E-state index contributed by atoms with van der Waals surface area (Å²) in [6.07, 6.45) is -4.64. The molecule has 4 rings (SSSR count). The van der Waals surface area contributed by atoms with Crippen LogP contribution in [0.4, 0.5) is 0 Å². The normalized spacial score (nSPS) is 40.1. The topological polar surface area (TPSA) is 159 Å². The molecule has 2 saturated heterocycles. The van der Waals surface area contributed by atoms with Gasteiger partial charge in [0.05, 0.1) is 30.3 Å². The third-order valence-electron chi connectivity index (χ3n) is 7.39. The number of hydrogen-bond acceptors (Lipinski definition) is 10. The molecule has 1 amide bonds. The van der Waals surface area contributed by atoms with E-state index in [9.17, 15) is 24.9 Å². The molecule has 0 radical (unpaired) electrons. The Kier molecular flexibility index (Phi) is 8.42. The lowest BCUT2D eigenvalue weighted by Gasteiger charge is -2.58. The Morgan fingerprint density at radius 1 is 1.00 bits per heavy atom. The van der Waals surface area contributed by atoms with Crippen LogP contribution in [0.3, 0.4) is 0 Å². The molecule has 200 valence electrons. The van der Waals surface area contributed by atoms with E-state index in [-0.39, 0.29) is 37.1 Å². The van der Waals surface area contributed by atoms with Crippen LogP contribution in [0.15, 0.2) is 30.3 Å². The van der Waals surface area contributed by atoms with Gasteiger partial charge >= 0.3 is 0 Å². The van der Waals surface area contributed by atoms with E-state index in [4.69, 9.17) is 14.2 Å². The number of ether oxygens (including phenoxy) is 3. The third kappa shape index (κ3) is 5.20. The van der Waals surface area contributed by atoms with Crippen molar-refractivity contribution < 1.29 is 39.1 Å². The van der Waals surface area contributed by atoms with Crippen LogP contribution in [0.1, 0.15) is 43.0 Å². The molecule has 2 aliphatic heterocycles. The maximum absolute atomic E-state index is 12.8. The first kappa shape index (κ1) is 27.1. The number of amides is 1. The minimum atomic E-state index is -2.04. The maximum atomic E-state index is 12.8. The van der Waals surface area contributed by atoms with Gasteiger partial charge in [0.25, 0.3) is 0 Å². The minimum absolute atomic E-state index is 0.0377. The highest BCUT2D eigenvalue weighted by Crippen LogP contribution is 2.42. The molecule has 3 unspecified atom stereocenters. The van der Waals surface area contributed by atoms with E-state index in [0.717, 1.165) is 0 Å². The molecule has 2 heterocycles. The molecule has 3 fully saturated rings. The quantitative estimate of drug-likeness (QED) is 0.242. The monoisotopic (exact) mass is 507 g/mol. The third-order valence-corrected chi connectivity index (χ3v) is 7.39. The molecule has 36 heavy (non-hydrogen) atoms. The SMILES string of the molecule is CN[C@@H]1[C@H](O)[C@H](NC)C2O[C@]3(O)C(OC2[C@H]1O)O[C@H](C)C[C@H]3NC(=O)CCCC(=O)c1ccccc1. The predicted molar refractivity (Wildman–Crippen MR) is 128 cm³/mol. The number of Topliss-reactive ketones (excluding diaryl/α,β-unsaturated/α-hetero) is 1. The van der Waals surface area contributed by atoms with Crippen LogP contribution >= 0.6 is 0 Å². The summed E-state index contributed by atoms with van der Waals surface area (Å²) in [4.78, 5) is 25.1. The number of hydrogen-bond donors (Lipinski definition) is 6. The second kappa shape index (κ2) is 11.2. The smallest absolute Gasteiger partial charge is 0.239 e. The fourth-order valence-corrected chi connectivity index (χ4v) is 5.46. The first-order valence-corrected chi connectivity index (χ1v) is 12.5. The van der Waals surface area contributed by atoms with Crippen molar-refractivity contribution in [2.45, 2.75) is 93.3 Å². The Hall–Kier alpha value is -1.96. The number of likely N-dealkylation sites (N-methyl/N-ethyl adjacent to an activating group) is 2. The molecular formula is C25H37N3O8. The average molecular weight is 508 g/mol. The van der Waals surface area contributed by atoms with Gasteiger partial charge in [0.15, 0.2) is 5.78 Å². The lowest BCUT2D eigenvalue weighted by Crippen LogP contribution is -2.79. The molecule has 0 spiro atoms. The largest absolute Gasteiger partial charge is 0.390 e. The fourth-order valence-electron chi connectivity index (χ4n) is 5.46. The van der Waals surface area contributed by atoms with Gasteiger partial charge in [0.2, 0.25) is 18.0 Å². The van der Waals surface area contributed by atoms with Gasteiger partial charge in [-0.15, -0.1) is 0 Å². The van der Waals surface area contributed by atoms with E-state index in [1.54, 1.807) is 45.3 Å². The number of carbonyl (C=O) groups is 2. The molecule has 1 saturated carbocycles. The van der Waals surface area contributed by atoms with Crippen molar-refractivity contribution in [3.63, 3.8) is 0 Å². The molecule has 10 atom stereocenters. The van der Waals surface area contributed by atoms with Gasteiger partial charge in [-0.05, 0) is 33.9 Å². The van der Waals surface area contributed by atoms with Gasteiger partial charge in [-0.2, -0.15) is 0 Å². The van der Waals surface area contributed by atoms with Crippen molar-refractivity contribution in [1.82, 2.24) is 16.0 Å². The number of fused-ring (bicyclic) bond motifs is 2. The van der Waals surface area contributed by atoms with E-state index in [2.05, 4.69) is 16.0 Å². The van der Waals surface area contributed by atoms with Gasteiger partial charge in [0, 0.05) is 18.4 Å². The van der Waals surface area contributed by atoms with Crippen LogP contribution in [0.5, 0.6) is 0 Å². The standard InChI is InChI=1S/C25H37N3O8/c1-13-12-16(28-17(30)11-7-10-15(29)14-8-5-4-6-9-14)25(33)24(34-13)35-23-21(32)18(26-2)20(31)19(27-3)22(23)36-25/h4-6,8-9,13,16,18-24,26-27,31-33H,7,10-12H2,1-3H3,(H,28,30)/t13-,16-,18-,19+,20+,21+,22?,23?,24?,25+/m1/s1. The van der Waals surface area contributed by atoms with E-state index in [0.29, 0.717) is 12.0 Å². The number of carbonyl (C=O) groups excluding carboxylic acids is 2. The van der Waals surface area contributed by atoms with Crippen molar-refractivity contribution >= 4 is 11.7 Å². The predicted octanol–water partition coefficient (Wildman–Crippen LogP) is -0.957. The zero-order valence-electron chi connectivity index (χ0n) is 20.8. The lowest BCUT2D eigenvalue weighted by molar-refractivity contribution is -0.449. The highest BCUT2D eigenvalue weighted by atomic mass is 16.8. The summed E-state index contributed by atoms with van der Waals surface area (Å²) in [5.41, 5.74) is 0.604. The molecule has 3 aliphatic rings. The molecule has 11 nitrogen and oxygen atoms in total. The first-order chi connectivity index (χ1) is 17.2. The van der Waals surface area contributed by atoms with Crippen LogP contribution in [-0.2, 0) is 19.0 Å². The maximum Gasteiger partial charge on any atom is 0.239 e.